The number of benzene rings is 2. The second-order valence-electron chi connectivity index (χ2n) is 6.85. The summed E-state index contributed by atoms with van der Waals surface area (Å²) in [7, 11) is 1.51. The lowest BCUT2D eigenvalue weighted by molar-refractivity contribution is -0.124. The third kappa shape index (κ3) is 6.30. The molecule has 2 rings (SSSR count). The molecule has 1 amide bonds. The lowest BCUT2D eigenvalue weighted by Gasteiger charge is -2.15. The highest BCUT2D eigenvalue weighted by Crippen LogP contribution is 2.28. The molecule has 6 nitrogen and oxygen atoms in total. The molecule has 2 aromatic rings. The fourth-order valence-corrected chi connectivity index (χ4v) is 2.49. The number of hydrogen-bond donors (Lipinski definition) is 1. The largest absolute Gasteiger partial charge is 0.493 e. The molecule has 1 atom stereocenters. The monoisotopic (exact) mass is 385 g/mol. The molecule has 150 valence electrons. The van der Waals surface area contributed by atoms with Gasteiger partial charge in [-0.05, 0) is 36.6 Å². The van der Waals surface area contributed by atoms with Gasteiger partial charge >= 0.3 is 5.97 Å². The molecule has 0 aliphatic rings. The van der Waals surface area contributed by atoms with E-state index in [1.165, 1.54) is 7.11 Å². The summed E-state index contributed by atoms with van der Waals surface area (Å²) in [5, 5.41) is 2.80. The van der Waals surface area contributed by atoms with Gasteiger partial charge in [-0.2, -0.15) is 0 Å². The number of ether oxygens (including phenoxy) is 3. The maximum atomic E-state index is 12.3. The number of hydrogen-bond acceptors (Lipinski definition) is 5. The first-order valence-electron chi connectivity index (χ1n) is 9.23. The summed E-state index contributed by atoms with van der Waals surface area (Å²) >= 11 is 0. The van der Waals surface area contributed by atoms with Gasteiger partial charge in [0.2, 0.25) is 0 Å². The van der Waals surface area contributed by atoms with E-state index in [1.54, 1.807) is 18.2 Å². The summed E-state index contributed by atoms with van der Waals surface area (Å²) in [5.74, 6) is 0.398. The zero-order valence-electron chi connectivity index (χ0n) is 16.7. The van der Waals surface area contributed by atoms with Gasteiger partial charge < -0.3 is 19.5 Å². The topological polar surface area (TPSA) is 73.9 Å². The Bertz CT molecular complexity index is 789. The maximum Gasteiger partial charge on any atom is 0.338 e. The van der Waals surface area contributed by atoms with Crippen molar-refractivity contribution in [3.8, 4) is 11.5 Å². The molecule has 0 spiro atoms. The van der Waals surface area contributed by atoms with Crippen molar-refractivity contribution in [2.45, 2.75) is 26.8 Å². The lowest BCUT2D eigenvalue weighted by atomic mass is 10.1. The number of rotatable bonds is 9. The Morgan fingerprint density at radius 1 is 1.00 bits per heavy atom. The van der Waals surface area contributed by atoms with Gasteiger partial charge in [0.05, 0.1) is 25.3 Å². The average Bonchev–Trinajstić information content (AvgIpc) is 2.70. The first-order chi connectivity index (χ1) is 13.4. The van der Waals surface area contributed by atoms with Crippen molar-refractivity contribution in [2.75, 3.05) is 20.3 Å². The van der Waals surface area contributed by atoms with Gasteiger partial charge in [-0.15, -0.1) is 0 Å². The highest BCUT2D eigenvalue weighted by atomic mass is 16.5. The van der Waals surface area contributed by atoms with Crippen LogP contribution in [-0.4, -0.2) is 32.2 Å². The smallest absolute Gasteiger partial charge is 0.338 e. The van der Waals surface area contributed by atoms with Crippen LogP contribution in [0.1, 0.15) is 42.7 Å². The number of methoxy groups -OCH3 is 1. The standard InChI is InChI=1S/C22H27NO5/c1-15(2)13-27-19-11-10-18(12-20(19)26-4)22(25)28-14-21(24)23-16(3)17-8-6-5-7-9-17/h5-12,15-16H,13-14H2,1-4H3,(H,23,24)/t16-/m0/s1. The Kier molecular flexibility index (Phi) is 7.87. The van der Waals surface area contributed by atoms with Gasteiger partial charge in [0.15, 0.2) is 18.1 Å². The minimum atomic E-state index is -0.601. The fraction of sp³-hybridized carbons (Fsp3) is 0.364. The summed E-state index contributed by atoms with van der Waals surface area (Å²) in [6.07, 6.45) is 0. The van der Waals surface area contributed by atoms with Gasteiger partial charge in [0.1, 0.15) is 0 Å². The van der Waals surface area contributed by atoms with Crippen LogP contribution in [0.5, 0.6) is 11.5 Å². The third-order valence-corrected chi connectivity index (χ3v) is 3.98. The van der Waals surface area contributed by atoms with Crippen LogP contribution in [0, 0.1) is 5.92 Å². The predicted octanol–water partition coefficient (Wildman–Crippen LogP) is 3.76. The number of esters is 1. The van der Waals surface area contributed by atoms with Crippen molar-refractivity contribution < 1.29 is 23.8 Å². The average molecular weight is 385 g/mol. The van der Waals surface area contributed by atoms with Crippen molar-refractivity contribution in [3.63, 3.8) is 0 Å². The summed E-state index contributed by atoms with van der Waals surface area (Å²) < 4.78 is 16.1. The molecule has 0 aliphatic carbocycles. The van der Waals surface area contributed by atoms with Gasteiger partial charge in [-0.1, -0.05) is 44.2 Å². The van der Waals surface area contributed by atoms with E-state index in [9.17, 15) is 9.59 Å². The van der Waals surface area contributed by atoms with E-state index in [-0.39, 0.29) is 24.1 Å². The first-order valence-corrected chi connectivity index (χ1v) is 9.23. The van der Waals surface area contributed by atoms with E-state index >= 15 is 0 Å². The van der Waals surface area contributed by atoms with E-state index < -0.39 is 5.97 Å². The van der Waals surface area contributed by atoms with Crippen molar-refractivity contribution >= 4 is 11.9 Å². The van der Waals surface area contributed by atoms with E-state index in [4.69, 9.17) is 14.2 Å². The molecule has 0 bridgehead atoms. The van der Waals surface area contributed by atoms with E-state index in [1.807, 2.05) is 51.1 Å². The van der Waals surface area contributed by atoms with Crippen LogP contribution in [0.3, 0.4) is 0 Å². The maximum absolute atomic E-state index is 12.3. The third-order valence-electron chi connectivity index (χ3n) is 3.98. The Morgan fingerprint density at radius 3 is 2.36 bits per heavy atom. The fourth-order valence-electron chi connectivity index (χ4n) is 2.49. The Hall–Kier alpha value is -3.02. The second kappa shape index (κ2) is 10.3. The zero-order chi connectivity index (χ0) is 20.5. The molecule has 0 unspecified atom stereocenters. The van der Waals surface area contributed by atoms with Gasteiger partial charge in [0, 0.05) is 0 Å². The molecule has 0 heterocycles. The quantitative estimate of drug-likeness (QED) is 0.665. The van der Waals surface area contributed by atoms with Crippen LogP contribution < -0.4 is 14.8 Å². The molecular weight excluding hydrogens is 358 g/mol. The van der Waals surface area contributed by atoms with Gasteiger partial charge in [0.25, 0.3) is 5.91 Å². The van der Waals surface area contributed by atoms with E-state index in [0.29, 0.717) is 24.0 Å². The molecule has 0 saturated heterocycles. The van der Waals surface area contributed by atoms with Crippen LogP contribution in [0.2, 0.25) is 0 Å². The van der Waals surface area contributed by atoms with Crippen molar-refractivity contribution in [1.29, 1.82) is 0 Å². The van der Waals surface area contributed by atoms with Crippen molar-refractivity contribution in [3.05, 3.63) is 59.7 Å². The minimum Gasteiger partial charge on any atom is -0.493 e. The lowest BCUT2D eigenvalue weighted by Crippen LogP contribution is -2.31. The molecule has 0 aliphatic heterocycles. The molecule has 28 heavy (non-hydrogen) atoms. The first kappa shape index (κ1) is 21.3. The number of nitrogens with one attached hydrogen (secondary N) is 1. The summed E-state index contributed by atoms with van der Waals surface area (Å²) in [6, 6.07) is 14.2. The van der Waals surface area contributed by atoms with Gasteiger partial charge in [-0.25, -0.2) is 4.79 Å². The van der Waals surface area contributed by atoms with Crippen LogP contribution in [0.15, 0.2) is 48.5 Å². The molecular formula is C22H27NO5. The summed E-state index contributed by atoms with van der Waals surface area (Å²) in [6.45, 7) is 6.14. The minimum absolute atomic E-state index is 0.176. The normalized spacial score (nSPS) is 11.6. The molecule has 2 aromatic carbocycles. The van der Waals surface area contributed by atoms with Crippen LogP contribution in [-0.2, 0) is 9.53 Å². The van der Waals surface area contributed by atoms with Crippen LogP contribution in [0.25, 0.3) is 0 Å². The number of amides is 1. The Morgan fingerprint density at radius 2 is 1.71 bits per heavy atom. The Balaban J connectivity index is 1.90. The highest BCUT2D eigenvalue weighted by Gasteiger charge is 2.15. The number of carbonyl (C=O) groups excluding carboxylic acids is 2. The summed E-state index contributed by atoms with van der Waals surface area (Å²) in [4.78, 5) is 24.3. The number of carbonyl (C=O) groups is 2. The molecule has 0 saturated carbocycles. The van der Waals surface area contributed by atoms with Crippen molar-refractivity contribution in [2.24, 2.45) is 5.92 Å². The molecule has 0 radical (unpaired) electrons. The van der Waals surface area contributed by atoms with Crippen LogP contribution in [0.4, 0.5) is 0 Å². The highest BCUT2D eigenvalue weighted by molar-refractivity contribution is 5.92. The molecule has 0 fully saturated rings. The zero-order valence-corrected chi connectivity index (χ0v) is 16.7. The molecule has 1 N–H and O–H groups in total. The van der Waals surface area contributed by atoms with E-state index in [2.05, 4.69) is 5.32 Å². The van der Waals surface area contributed by atoms with Crippen molar-refractivity contribution in [1.82, 2.24) is 5.32 Å². The second-order valence-corrected chi connectivity index (χ2v) is 6.85. The predicted molar refractivity (Wildman–Crippen MR) is 107 cm³/mol. The summed E-state index contributed by atoms with van der Waals surface area (Å²) in [5.41, 5.74) is 1.27. The van der Waals surface area contributed by atoms with Gasteiger partial charge in [-0.3, -0.25) is 4.79 Å². The molecule has 0 aromatic heterocycles. The van der Waals surface area contributed by atoms with Crippen LogP contribution >= 0.6 is 0 Å². The van der Waals surface area contributed by atoms with E-state index in [0.717, 1.165) is 5.56 Å². The SMILES string of the molecule is COc1cc(C(=O)OCC(=O)N[C@@H](C)c2ccccc2)ccc1OCC(C)C. The molecule has 6 heteroatoms. The Labute approximate surface area is 165 Å².